The summed E-state index contributed by atoms with van der Waals surface area (Å²) in [5, 5.41) is 11.2. The zero-order valence-corrected chi connectivity index (χ0v) is 10.9. The van der Waals surface area contributed by atoms with E-state index in [0.29, 0.717) is 16.8 Å². The number of hydrogen-bond acceptors (Lipinski definition) is 3. The van der Waals surface area contributed by atoms with E-state index < -0.39 is 5.97 Å². The molecule has 0 saturated carbocycles. The van der Waals surface area contributed by atoms with Crippen molar-refractivity contribution < 1.29 is 14.7 Å². The molecule has 2 aromatic rings. The third kappa shape index (κ3) is 4.17. The first-order valence-corrected chi connectivity index (χ1v) is 6.06. The number of hydrogen-bond donors (Lipinski definition) is 3. The molecule has 1 heterocycles. The average molecular weight is 284 g/mol. The highest BCUT2D eigenvalue weighted by atomic mass is 16.4. The van der Waals surface area contributed by atoms with Gasteiger partial charge in [0, 0.05) is 24.0 Å². The highest BCUT2D eigenvalue weighted by Gasteiger charge is 2.06. The number of nitrogens with one attached hydrogen (secondary N) is 2. The molecule has 6 heteroatoms. The van der Waals surface area contributed by atoms with Gasteiger partial charge in [-0.3, -0.25) is 9.59 Å². The van der Waals surface area contributed by atoms with Gasteiger partial charge in [0.25, 0.3) is 5.91 Å². The second-order valence-corrected chi connectivity index (χ2v) is 4.19. The molecule has 3 N–H and O–H groups in total. The number of carbonyl (C=O) groups is 2. The van der Waals surface area contributed by atoms with Crippen LogP contribution < -0.4 is 10.9 Å². The van der Waals surface area contributed by atoms with Gasteiger partial charge in [0.15, 0.2) is 0 Å². The van der Waals surface area contributed by atoms with Gasteiger partial charge in [0.2, 0.25) is 5.56 Å². The standard InChI is InChI=1S/C15H12N2O4/c18-13-6-5-11(9-16-13)15(21)17-12-3-1-2-10(8-12)4-7-14(19)20/h1-9H,(H,16,18)(H,17,21)(H,19,20)/b7-4+. The van der Waals surface area contributed by atoms with Crippen LogP contribution in [0.25, 0.3) is 6.08 Å². The maximum atomic E-state index is 12.0. The van der Waals surface area contributed by atoms with Gasteiger partial charge in [0.05, 0.1) is 5.56 Å². The van der Waals surface area contributed by atoms with Crippen LogP contribution in [0.1, 0.15) is 15.9 Å². The third-order valence-corrected chi connectivity index (χ3v) is 2.61. The van der Waals surface area contributed by atoms with Gasteiger partial charge >= 0.3 is 5.97 Å². The molecule has 0 atom stereocenters. The SMILES string of the molecule is O=C(O)/C=C/c1cccc(NC(=O)c2ccc(=O)[nH]c2)c1. The van der Waals surface area contributed by atoms with Crippen LogP contribution >= 0.6 is 0 Å². The monoisotopic (exact) mass is 284 g/mol. The van der Waals surface area contributed by atoms with Crippen molar-refractivity contribution in [3.8, 4) is 0 Å². The lowest BCUT2D eigenvalue weighted by molar-refractivity contribution is -0.131. The Labute approximate surface area is 119 Å². The van der Waals surface area contributed by atoms with Gasteiger partial charge in [-0.2, -0.15) is 0 Å². The van der Waals surface area contributed by atoms with E-state index in [2.05, 4.69) is 10.3 Å². The molecule has 0 saturated heterocycles. The summed E-state index contributed by atoms with van der Waals surface area (Å²) in [5.74, 6) is -1.41. The first-order valence-electron chi connectivity index (χ1n) is 6.06. The molecule has 0 aliphatic rings. The minimum atomic E-state index is -1.04. The Hall–Kier alpha value is -3.15. The van der Waals surface area contributed by atoms with E-state index in [9.17, 15) is 14.4 Å². The summed E-state index contributed by atoms with van der Waals surface area (Å²) in [5.41, 5.74) is 1.21. The summed E-state index contributed by atoms with van der Waals surface area (Å²) in [7, 11) is 0. The van der Waals surface area contributed by atoms with Crippen molar-refractivity contribution in [3.05, 3.63) is 70.2 Å². The largest absolute Gasteiger partial charge is 0.478 e. The molecule has 1 amide bonds. The van der Waals surface area contributed by atoms with E-state index in [1.165, 1.54) is 24.4 Å². The lowest BCUT2D eigenvalue weighted by Gasteiger charge is -2.05. The molecule has 1 aromatic carbocycles. The molecule has 1 aromatic heterocycles. The summed E-state index contributed by atoms with van der Waals surface area (Å²) in [4.78, 5) is 35.8. The fraction of sp³-hybridized carbons (Fsp3) is 0. The highest BCUT2D eigenvalue weighted by molar-refractivity contribution is 6.04. The molecule has 106 valence electrons. The minimum absolute atomic E-state index is 0.285. The number of aliphatic carboxylic acids is 1. The van der Waals surface area contributed by atoms with Gasteiger partial charge in [-0.25, -0.2) is 4.79 Å². The summed E-state index contributed by atoms with van der Waals surface area (Å²) in [6.45, 7) is 0. The second-order valence-electron chi connectivity index (χ2n) is 4.19. The number of pyridine rings is 1. The molecule has 2 rings (SSSR count). The fourth-order valence-electron chi connectivity index (χ4n) is 1.64. The van der Waals surface area contributed by atoms with E-state index >= 15 is 0 Å². The van der Waals surface area contributed by atoms with Crippen molar-refractivity contribution in [2.75, 3.05) is 5.32 Å². The first kappa shape index (κ1) is 14.3. The van der Waals surface area contributed by atoms with Crippen LogP contribution in [0.5, 0.6) is 0 Å². The number of aromatic amines is 1. The number of benzene rings is 1. The van der Waals surface area contributed by atoms with E-state index in [0.717, 1.165) is 6.08 Å². The van der Waals surface area contributed by atoms with Crippen molar-refractivity contribution in [2.24, 2.45) is 0 Å². The van der Waals surface area contributed by atoms with E-state index in [1.807, 2.05) is 0 Å². The Kier molecular flexibility index (Phi) is 4.30. The Balaban J connectivity index is 2.14. The smallest absolute Gasteiger partial charge is 0.328 e. The van der Waals surface area contributed by atoms with E-state index in [1.54, 1.807) is 24.3 Å². The lowest BCUT2D eigenvalue weighted by atomic mass is 10.2. The lowest BCUT2D eigenvalue weighted by Crippen LogP contribution is -2.14. The molecule has 21 heavy (non-hydrogen) atoms. The van der Waals surface area contributed by atoms with Crippen molar-refractivity contribution >= 4 is 23.6 Å². The molecule has 0 bridgehead atoms. The highest BCUT2D eigenvalue weighted by Crippen LogP contribution is 2.13. The van der Waals surface area contributed by atoms with Crippen molar-refractivity contribution in [3.63, 3.8) is 0 Å². The quantitative estimate of drug-likeness (QED) is 0.744. The van der Waals surface area contributed by atoms with E-state index in [4.69, 9.17) is 5.11 Å². The third-order valence-electron chi connectivity index (χ3n) is 2.61. The summed E-state index contributed by atoms with van der Waals surface area (Å²) >= 11 is 0. The van der Waals surface area contributed by atoms with Gasteiger partial charge in [0.1, 0.15) is 0 Å². The van der Waals surface area contributed by atoms with Crippen LogP contribution in [0, 0.1) is 0 Å². The Morgan fingerprint density at radius 3 is 2.67 bits per heavy atom. The van der Waals surface area contributed by atoms with Gasteiger partial charge in [-0.05, 0) is 29.8 Å². The van der Waals surface area contributed by atoms with Crippen LogP contribution in [0.15, 0.2) is 53.5 Å². The molecule has 0 radical (unpaired) electrons. The predicted octanol–water partition coefficient (Wildman–Crippen LogP) is 1.72. The molecule has 6 nitrogen and oxygen atoms in total. The molecule has 0 aliphatic heterocycles. The first-order chi connectivity index (χ1) is 10.0. The van der Waals surface area contributed by atoms with Crippen LogP contribution in [-0.2, 0) is 4.79 Å². The average Bonchev–Trinajstić information content (AvgIpc) is 2.46. The van der Waals surface area contributed by atoms with Gasteiger partial charge in [-0.1, -0.05) is 12.1 Å². The molecular formula is C15H12N2O4. The van der Waals surface area contributed by atoms with Gasteiger partial charge < -0.3 is 15.4 Å². The number of carboxylic acids is 1. The van der Waals surface area contributed by atoms with Gasteiger partial charge in [-0.15, -0.1) is 0 Å². The molecule has 0 fully saturated rings. The zero-order valence-electron chi connectivity index (χ0n) is 10.9. The number of rotatable bonds is 4. The molecular weight excluding hydrogens is 272 g/mol. The summed E-state index contributed by atoms with van der Waals surface area (Å²) in [6, 6.07) is 9.42. The number of carbonyl (C=O) groups excluding carboxylic acids is 1. The Morgan fingerprint density at radius 1 is 1.19 bits per heavy atom. The minimum Gasteiger partial charge on any atom is -0.478 e. The fourth-order valence-corrected chi connectivity index (χ4v) is 1.64. The number of anilines is 1. The maximum Gasteiger partial charge on any atom is 0.328 e. The molecule has 0 spiro atoms. The summed E-state index contributed by atoms with van der Waals surface area (Å²) < 4.78 is 0. The van der Waals surface area contributed by atoms with Crippen LogP contribution in [-0.4, -0.2) is 22.0 Å². The zero-order chi connectivity index (χ0) is 15.2. The van der Waals surface area contributed by atoms with Crippen molar-refractivity contribution in [1.82, 2.24) is 4.98 Å². The van der Waals surface area contributed by atoms with Crippen molar-refractivity contribution in [1.29, 1.82) is 0 Å². The topological polar surface area (TPSA) is 99.3 Å². The van der Waals surface area contributed by atoms with Crippen molar-refractivity contribution in [2.45, 2.75) is 0 Å². The van der Waals surface area contributed by atoms with Crippen LogP contribution in [0.4, 0.5) is 5.69 Å². The second kappa shape index (κ2) is 6.33. The number of carboxylic acid groups (broad SMARTS) is 1. The number of aromatic nitrogens is 1. The maximum absolute atomic E-state index is 12.0. The normalized spacial score (nSPS) is 10.5. The Bertz CT molecular complexity index is 742. The Morgan fingerprint density at radius 2 is 2.00 bits per heavy atom. The molecule has 0 unspecified atom stereocenters. The predicted molar refractivity (Wildman–Crippen MR) is 78.1 cm³/mol. The summed E-state index contributed by atoms with van der Waals surface area (Å²) in [6.07, 6.45) is 3.77. The molecule has 0 aliphatic carbocycles. The number of amides is 1. The number of H-pyrrole nitrogens is 1. The van der Waals surface area contributed by atoms with E-state index in [-0.39, 0.29) is 11.5 Å². The van der Waals surface area contributed by atoms with Crippen LogP contribution in [0.3, 0.4) is 0 Å². The van der Waals surface area contributed by atoms with Crippen LogP contribution in [0.2, 0.25) is 0 Å².